The van der Waals surface area contributed by atoms with Crippen LogP contribution in [-0.4, -0.2) is 30.0 Å². The van der Waals surface area contributed by atoms with Crippen molar-refractivity contribution in [3.63, 3.8) is 0 Å². The number of amides is 1. The van der Waals surface area contributed by atoms with Crippen molar-refractivity contribution in [1.82, 2.24) is 0 Å². The summed E-state index contributed by atoms with van der Waals surface area (Å²) >= 11 is 0. The number of ether oxygens (including phenoxy) is 2. The number of esters is 1. The molecule has 0 spiro atoms. The van der Waals surface area contributed by atoms with Crippen LogP contribution in [0, 0.1) is 24.0 Å². The Hall–Kier alpha value is -3.42. The summed E-state index contributed by atoms with van der Waals surface area (Å²) in [5.74, 6) is -0.490. The number of aryl methyl sites for hydroxylation is 2. The van der Waals surface area contributed by atoms with E-state index in [1.165, 1.54) is 12.1 Å². The number of hydrogen-bond donors (Lipinski definition) is 1. The largest absolute Gasteiger partial charge is 0.482 e. The van der Waals surface area contributed by atoms with Crippen molar-refractivity contribution in [2.24, 2.45) is 0 Å². The van der Waals surface area contributed by atoms with E-state index in [4.69, 9.17) is 9.47 Å². The van der Waals surface area contributed by atoms with Gasteiger partial charge in [-0.2, -0.15) is 0 Å². The van der Waals surface area contributed by atoms with E-state index >= 15 is 0 Å². The second-order valence-corrected chi connectivity index (χ2v) is 6.93. The van der Waals surface area contributed by atoms with Gasteiger partial charge in [0.2, 0.25) is 0 Å². The number of carbonyl (C=O) groups excluding carboxylic acids is 2. The lowest BCUT2D eigenvalue weighted by atomic mass is 10.0. The van der Waals surface area contributed by atoms with E-state index in [9.17, 15) is 19.7 Å². The molecule has 0 aliphatic carbocycles. The number of hydrogen-bond acceptors (Lipinski definition) is 6. The van der Waals surface area contributed by atoms with E-state index in [1.54, 1.807) is 26.0 Å². The molecule has 0 heterocycles. The van der Waals surface area contributed by atoms with Crippen molar-refractivity contribution < 1.29 is 24.0 Å². The SMILES string of the molecule is Cc1cc(NC(=O)COC(=O)COc2ccc(C(C)C)cc2)c([N+](=O)[O-])cc1C. The molecule has 0 fully saturated rings. The molecule has 0 radical (unpaired) electrons. The predicted octanol–water partition coefficient (Wildman–Crippen LogP) is 3.90. The normalized spacial score (nSPS) is 10.5. The molecule has 0 aromatic heterocycles. The quantitative estimate of drug-likeness (QED) is 0.409. The van der Waals surface area contributed by atoms with E-state index in [0.29, 0.717) is 11.7 Å². The smallest absolute Gasteiger partial charge is 0.344 e. The van der Waals surface area contributed by atoms with Gasteiger partial charge in [-0.15, -0.1) is 0 Å². The van der Waals surface area contributed by atoms with Crippen molar-refractivity contribution in [2.75, 3.05) is 18.5 Å². The summed E-state index contributed by atoms with van der Waals surface area (Å²) in [6.07, 6.45) is 0. The van der Waals surface area contributed by atoms with E-state index in [1.807, 2.05) is 12.1 Å². The first-order valence-corrected chi connectivity index (χ1v) is 9.11. The summed E-state index contributed by atoms with van der Waals surface area (Å²) in [6, 6.07) is 10.2. The first kappa shape index (κ1) is 21.9. The molecule has 8 heteroatoms. The van der Waals surface area contributed by atoms with Gasteiger partial charge in [0.05, 0.1) is 4.92 Å². The fourth-order valence-electron chi connectivity index (χ4n) is 2.52. The van der Waals surface area contributed by atoms with Crippen LogP contribution in [0.5, 0.6) is 5.75 Å². The van der Waals surface area contributed by atoms with Gasteiger partial charge in [0.15, 0.2) is 13.2 Å². The molecule has 1 amide bonds. The van der Waals surface area contributed by atoms with Crippen LogP contribution in [0.2, 0.25) is 0 Å². The molecule has 2 aromatic rings. The molecule has 0 saturated heterocycles. The summed E-state index contributed by atoms with van der Waals surface area (Å²) in [7, 11) is 0. The van der Waals surface area contributed by atoms with Gasteiger partial charge in [0, 0.05) is 6.07 Å². The molecule has 0 saturated carbocycles. The number of nitrogens with zero attached hydrogens (tertiary/aromatic N) is 1. The molecule has 0 unspecified atom stereocenters. The van der Waals surface area contributed by atoms with Crippen LogP contribution in [-0.2, 0) is 14.3 Å². The number of benzene rings is 2. The van der Waals surface area contributed by atoms with Crippen molar-refractivity contribution >= 4 is 23.3 Å². The highest BCUT2D eigenvalue weighted by atomic mass is 16.6. The topological polar surface area (TPSA) is 108 Å². The van der Waals surface area contributed by atoms with E-state index in [-0.39, 0.29) is 18.0 Å². The summed E-state index contributed by atoms with van der Waals surface area (Å²) in [5.41, 5.74) is 2.51. The van der Waals surface area contributed by atoms with E-state index < -0.39 is 23.4 Å². The lowest BCUT2D eigenvalue weighted by Gasteiger charge is -2.10. The highest BCUT2D eigenvalue weighted by Crippen LogP contribution is 2.27. The van der Waals surface area contributed by atoms with Crippen molar-refractivity contribution in [3.8, 4) is 5.75 Å². The molecular weight excluding hydrogens is 376 g/mol. The number of anilines is 1. The first-order chi connectivity index (χ1) is 13.7. The Morgan fingerprint density at radius 3 is 2.28 bits per heavy atom. The highest BCUT2D eigenvalue weighted by Gasteiger charge is 2.18. The van der Waals surface area contributed by atoms with Crippen molar-refractivity contribution in [3.05, 3.63) is 63.2 Å². The number of nitro groups is 1. The molecule has 8 nitrogen and oxygen atoms in total. The zero-order valence-electron chi connectivity index (χ0n) is 16.9. The van der Waals surface area contributed by atoms with E-state index in [0.717, 1.165) is 16.7 Å². The minimum atomic E-state index is -0.720. The average Bonchev–Trinajstić information content (AvgIpc) is 2.67. The Morgan fingerprint density at radius 2 is 1.69 bits per heavy atom. The predicted molar refractivity (Wildman–Crippen MR) is 108 cm³/mol. The van der Waals surface area contributed by atoms with Gasteiger partial charge in [0.25, 0.3) is 11.6 Å². The van der Waals surface area contributed by atoms with Gasteiger partial charge in [0.1, 0.15) is 11.4 Å². The molecule has 0 bridgehead atoms. The van der Waals surface area contributed by atoms with Crippen LogP contribution in [0.25, 0.3) is 0 Å². The number of rotatable bonds is 8. The number of nitrogens with one attached hydrogen (secondary N) is 1. The second-order valence-electron chi connectivity index (χ2n) is 6.93. The van der Waals surface area contributed by atoms with Crippen LogP contribution in [0.15, 0.2) is 36.4 Å². The van der Waals surface area contributed by atoms with E-state index in [2.05, 4.69) is 19.2 Å². The Balaban J connectivity index is 1.85. The molecule has 0 aliphatic heterocycles. The highest BCUT2D eigenvalue weighted by molar-refractivity contribution is 5.95. The molecule has 0 atom stereocenters. The summed E-state index contributed by atoms with van der Waals surface area (Å²) in [5, 5.41) is 13.6. The Bertz CT molecular complexity index is 906. The molecule has 2 rings (SSSR count). The average molecular weight is 400 g/mol. The zero-order chi connectivity index (χ0) is 21.6. The van der Waals surface area contributed by atoms with Gasteiger partial charge in [-0.3, -0.25) is 14.9 Å². The Kier molecular flexibility index (Phi) is 7.30. The summed E-state index contributed by atoms with van der Waals surface area (Å²) in [4.78, 5) is 34.4. The molecule has 2 aromatic carbocycles. The van der Waals surface area contributed by atoms with Crippen LogP contribution in [0.4, 0.5) is 11.4 Å². The minimum Gasteiger partial charge on any atom is -0.482 e. The summed E-state index contributed by atoms with van der Waals surface area (Å²) in [6.45, 7) is 6.75. The maximum absolute atomic E-state index is 12.0. The molecule has 154 valence electrons. The summed E-state index contributed by atoms with van der Waals surface area (Å²) < 4.78 is 10.2. The molecule has 29 heavy (non-hydrogen) atoms. The third-order valence-corrected chi connectivity index (χ3v) is 4.35. The number of nitro benzene ring substituents is 1. The second kappa shape index (κ2) is 9.68. The van der Waals surface area contributed by atoms with Gasteiger partial charge >= 0.3 is 5.97 Å². The maximum atomic E-state index is 12.0. The van der Waals surface area contributed by atoms with Gasteiger partial charge in [-0.25, -0.2) is 4.79 Å². The van der Waals surface area contributed by atoms with Gasteiger partial charge in [-0.05, 0) is 54.7 Å². The Labute approximate surface area is 169 Å². The fourth-order valence-corrected chi connectivity index (χ4v) is 2.52. The standard InChI is InChI=1S/C21H24N2O6/c1-13(2)16-5-7-17(8-6-16)28-12-21(25)29-11-20(24)22-18-9-14(3)15(4)10-19(18)23(26)27/h5-10,13H,11-12H2,1-4H3,(H,22,24). The molecule has 1 N–H and O–H groups in total. The minimum absolute atomic E-state index is 0.0561. The monoisotopic (exact) mass is 400 g/mol. The van der Waals surface area contributed by atoms with Crippen molar-refractivity contribution in [2.45, 2.75) is 33.6 Å². The van der Waals surface area contributed by atoms with Gasteiger partial charge < -0.3 is 14.8 Å². The maximum Gasteiger partial charge on any atom is 0.344 e. The van der Waals surface area contributed by atoms with Crippen LogP contribution >= 0.6 is 0 Å². The fraction of sp³-hybridized carbons (Fsp3) is 0.333. The first-order valence-electron chi connectivity index (χ1n) is 9.11. The van der Waals surface area contributed by atoms with Crippen LogP contribution in [0.3, 0.4) is 0 Å². The lowest BCUT2D eigenvalue weighted by Crippen LogP contribution is -2.24. The number of carbonyl (C=O) groups is 2. The molecular formula is C21H24N2O6. The van der Waals surface area contributed by atoms with Gasteiger partial charge in [-0.1, -0.05) is 26.0 Å². The molecule has 0 aliphatic rings. The van der Waals surface area contributed by atoms with Crippen LogP contribution < -0.4 is 10.1 Å². The lowest BCUT2D eigenvalue weighted by molar-refractivity contribution is -0.384. The third kappa shape index (κ3) is 6.31. The zero-order valence-corrected chi connectivity index (χ0v) is 16.9. The Morgan fingerprint density at radius 1 is 1.07 bits per heavy atom. The third-order valence-electron chi connectivity index (χ3n) is 4.35. The van der Waals surface area contributed by atoms with Crippen molar-refractivity contribution in [1.29, 1.82) is 0 Å². The van der Waals surface area contributed by atoms with Crippen LogP contribution in [0.1, 0.15) is 36.5 Å².